The second kappa shape index (κ2) is 11.0. The molecule has 2 N–H and O–H groups in total. The molecular formula is C28H26N6O4. The third kappa shape index (κ3) is 5.29. The van der Waals surface area contributed by atoms with Gasteiger partial charge in [-0.2, -0.15) is 5.21 Å². The summed E-state index contributed by atoms with van der Waals surface area (Å²) < 4.78 is 6.98. The van der Waals surface area contributed by atoms with Crippen molar-refractivity contribution in [2.75, 3.05) is 6.61 Å². The van der Waals surface area contributed by atoms with Gasteiger partial charge >= 0.3 is 5.97 Å². The summed E-state index contributed by atoms with van der Waals surface area (Å²) in [5, 5.41) is 23.7. The van der Waals surface area contributed by atoms with E-state index in [2.05, 4.69) is 27.5 Å². The topological polar surface area (TPSA) is 136 Å². The number of carboxylic acid groups (broad SMARTS) is 1. The number of hydrogen-bond acceptors (Lipinski definition) is 7. The summed E-state index contributed by atoms with van der Waals surface area (Å²) in [6, 6.07) is 20.7. The number of tetrazole rings is 1. The maximum atomic E-state index is 13.6. The van der Waals surface area contributed by atoms with Crippen LogP contribution in [0.2, 0.25) is 0 Å². The Kier molecular flexibility index (Phi) is 7.21. The molecule has 38 heavy (non-hydrogen) atoms. The van der Waals surface area contributed by atoms with Crippen LogP contribution in [-0.2, 0) is 17.8 Å². The van der Waals surface area contributed by atoms with Crippen LogP contribution in [0.25, 0.3) is 33.4 Å². The van der Waals surface area contributed by atoms with E-state index in [1.54, 1.807) is 22.8 Å². The van der Waals surface area contributed by atoms with Crippen molar-refractivity contribution in [3.8, 4) is 28.3 Å². The number of ether oxygens (including phenoxy) is 1. The smallest absolute Gasteiger partial charge is 0.341 e. The molecule has 0 aliphatic carbocycles. The molecule has 10 nitrogen and oxygen atoms in total. The number of carbonyl (C=O) groups is 1. The highest BCUT2D eigenvalue weighted by Gasteiger charge is 2.14. The van der Waals surface area contributed by atoms with E-state index >= 15 is 0 Å². The summed E-state index contributed by atoms with van der Waals surface area (Å²) in [6.07, 6.45) is 2.56. The Morgan fingerprint density at radius 3 is 2.55 bits per heavy atom. The van der Waals surface area contributed by atoms with Crippen LogP contribution >= 0.6 is 0 Å². The molecule has 0 fully saturated rings. The molecule has 0 aliphatic heterocycles. The number of aromatic amines is 1. The number of fused-ring (bicyclic) bond motifs is 1. The lowest BCUT2D eigenvalue weighted by Gasteiger charge is -2.15. The second-order valence-corrected chi connectivity index (χ2v) is 8.86. The van der Waals surface area contributed by atoms with Gasteiger partial charge in [0, 0.05) is 12.0 Å². The van der Waals surface area contributed by atoms with Crippen LogP contribution in [0.3, 0.4) is 0 Å². The van der Waals surface area contributed by atoms with Crippen molar-refractivity contribution in [2.24, 2.45) is 0 Å². The Labute approximate surface area is 217 Å². The number of rotatable bonds is 10. The largest absolute Gasteiger partial charge is 0.482 e. The number of nitrogens with zero attached hydrogens (tertiary/aromatic N) is 5. The van der Waals surface area contributed by atoms with E-state index in [0.717, 1.165) is 40.9 Å². The molecule has 2 aromatic heterocycles. The predicted molar refractivity (Wildman–Crippen MR) is 142 cm³/mol. The highest BCUT2D eigenvalue weighted by molar-refractivity contribution is 5.81. The van der Waals surface area contributed by atoms with Crippen LogP contribution in [0.1, 0.15) is 31.2 Å². The minimum Gasteiger partial charge on any atom is -0.482 e. The van der Waals surface area contributed by atoms with Crippen LogP contribution in [0.4, 0.5) is 0 Å². The van der Waals surface area contributed by atoms with E-state index in [1.807, 2.05) is 48.5 Å². The van der Waals surface area contributed by atoms with Gasteiger partial charge < -0.3 is 9.84 Å². The van der Waals surface area contributed by atoms with Gasteiger partial charge in [0.1, 0.15) is 11.6 Å². The molecule has 10 heteroatoms. The Morgan fingerprint density at radius 2 is 1.84 bits per heavy atom. The maximum absolute atomic E-state index is 13.6. The molecule has 0 spiro atoms. The minimum atomic E-state index is -1.08. The van der Waals surface area contributed by atoms with E-state index < -0.39 is 12.6 Å². The van der Waals surface area contributed by atoms with Crippen molar-refractivity contribution in [2.45, 2.75) is 32.7 Å². The second-order valence-electron chi connectivity index (χ2n) is 8.86. The number of aryl methyl sites for hydroxylation is 1. The molecule has 0 amide bonds. The maximum Gasteiger partial charge on any atom is 0.341 e. The number of benzene rings is 3. The van der Waals surface area contributed by atoms with Gasteiger partial charge in [-0.05, 0) is 46.5 Å². The first-order chi connectivity index (χ1) is 18.5. The Hall–Kier alpha value is -4.86. The van der Waals surface area contributed by atoms with Crippen LogP contribution in [0, 0.1) is 0 Å². The Balaban J connectivity index is 1.49. The SMILES string of the molecule is CCCCc1nc2ccc(OCC(=O)O)cc2c(=O)n1Cc1ccc(-c2ccccc2-c2nn[nH]n2)cc1. The number of aromatic nitrogens is 6. The van der Waals surface area contributed by atoms with E-state index in [0.29, 0.717) is 35.4 Å². The highest BCUT2D eigenvalue weighted by Crippen LogP contribution is 2.30. The molecule has 3 aromatic carbocycles. The first kappa shape index (κ1) is 24.8. The van der Waals surface area contributed by atoms with Crippen molar-refractivity contribution in [3.63, 3.8) is 0 Å². The van der Waals surface area contributed by atoms with Gasteiger partial charge in [0.05, 0.1) is 17.4 Å². The van der Waals surface area contributed by atoms with E-state index in [4.69, 9.17) is 14.8 Å². The van der Waals surface area contributed by atoms with Gasteiger partial charge in [-0.1, -0.05) is 61.9 Å². The van der Waals surface area contributed by atoms with E-state index in [1.165, 1.54) is 0 Å². The molecule has 0 saturated carbocycles. The summed E-state index contributed by atoms with van der Waals surface area (Å²) in [7, 11) is 0. The van der Waals surface area contributed by atoms with E-state index in [9.17, 15) is 9.59 Å². The molecule has 0 unspecified atom stereocenters. The zero-order valence-electron chi connectivity index (χ0n) is 20.8. The fourth-order valence-electron chi connectivity index (χ4n) is 4.35. The Bertz CT molecular complexity index is 1630. The molecule has 0 saturated heterocycles. The number of H-pyrrole nitrogens is 1. The normalized spacial score (nSPS) is 11.1. The summed E-state index contributed by atoms with van der Waals surface area (Å²) >= 11 is 0. The molecule has 0 bridgehead atoms. The molecule has 5 rings (SSSR count). The molecule has 0 atom stereocenters. The van der Waals surface area contributed by atoms with E-state index in [-0.39, 0.29) is 5.56 Å². The lowest BCUT2D eigenvalue weighted by Crippen LogP contribution is -2.26. The standard InChI is InChI=1S/C28H26N6O4/c1-2-3-8-25-29-24-14-13-20(38-17-26(35)36)15-23(24)28(37)34(25)16-18-9-11-19(12-10-18)21-6-4-5-7-22(21)27-30-32-33-31-27/h4-7,9-15H,2-3,8,16-17H2,1H3,(H,35,36)(H,30,31,32,33). The van der Waals surface area contributed by atoms with Gasteiger partial charge in [0.25, 0.3) is 5.56 Å². The van der Waals surface area contributed by atoms with Crippen LogP contribution in [0.5, 0.6) is 5.75 Å². The zero-order chi connectivity index (χ0) is 26.5. The van der Waals surface area contributed by atoms with Crippen molar-refractivity contribution in [3.05, 3.63) is 88.5 Å². The first-order valence-corrected chi connectivity index (χ1v) is 12.3. The average Bonchev–Trinajstić information content (AvgIpc) is 3.48. The van der Waals surface area contributed by atoms with Gasteiger partial charge in [-0.15, -0.1) is 10.2 Å². The van der Waals surface area contributed by atoms with Crippen LogP contribution in [-0.4, -0.2) is 47.9 Å². The summed E-state index contributed by atoms with van der Waals surface area (Å²) in [5.41, 5.74) is 4.16. The summed E-state index contributed by atoms with van der Waals surface area (Å²) in [5.74, 6) is 0.469. The van der Waals surface area contributed by atoms with Gasteiger partial charge in [0.15, 0.2) is 6.61 Å². The van der Waals surface area contributed by atoms with Crippen molar-refractivity contribution < 1.29 is 14.6 Å². The fourth-order valence-corrected chi connectivity index (χ4v) is 4.35. The quantitative estimate of drug-likeness (QED) is 0.287. The molecule has 192 valence electrons. The third-order valence-electron chi connectivity index (χ3n) is 6.24. The predicted octanol–water partition coefficient (Wildman–Crippen LogP) is 4.10. The fraction of sp³-hybridized carbons (Fsp3) is 0.214. The molecule has 0 aliphatic rings. The minimum absolute atomic E-state index is 0.187. The number of hydrogen-bond donors (Lipinski definition) is 2. The first-order valence-electron chi connectivity index (χ1n) is 12.3. The Morgan fingerprint density at radius 1 is 1.05 bits per heavy atom. The average molecular weight is 511 g/mol. The van der Waals surface area contributed by atoms with Crippen molar-refractivity contribution in [1.82, 2.24) is 30.2 Å². The third-order valence-corrected chi connectivity index (χ3v) is 6.24. The summed E-state index contributed by atoms with van der Waals surface area (Å²) in [4.78, 5) is 29.3. The van der Waals surface area contributed by atoms with Gasteiger partial charge in [0.2, 0.25) is 5.82 Å². The summed E-state index contributed by atoms with van der Waals surface area (Å²) in [6.45, 7) is 1.97. The molecular weight excluding hydrogens is 484 g/mol. The molecule has 0 radical (unpaired) electrons. The monoisotopic (exact) mass is 510 g/mol. The van der Waals surface area contributed by atoms with Crippen LogP contribution in [0.15, 0.2) is 71.5 Å². The highest BCUT2D eigenvalue weighted by atomic mass is 16.5. The zero-order valence-corrected chi connectivity index (χ0v) is 20.8. The van der Waals surface area contributed by atoms with Crippen LogP contribution < -0.4 is 10.3 Å². The number of carboxylic acids is 1. The lowest BCUT2D eigenvalue weighted by atomic mass is 9.98. The molecule has 5 aromatic rings. The van der Waals surface area contributed by atoms with Crippen molar-refractivity contribution in [1.29, 1.82) is 0 Å². The number of nitrogens with one attached hydrogen (secondary N) is 1. The van der Waals surface area contributed by atoms with Crippen molar-refractivity contribution >= 4 is 16.9 Å². The lowest BCUT2D eigenvalue weighted by molar-refractivity contribution is -0.139. The number of aliphatic carboxylic acids is 1. The molecule has 2 heterocycles. The number of unbranched alkanes of at least 4 members (excludes halogenated alkanes) is 1. The van der Waals surface area contributed by atoms with Gasteiger partial charge in [-0.25, -0.2) is 9.78 Å². The van der Waals surface area contributed by atoms with Gasteiger partial charge in [-0.3, -0.25) is 9.36 Å².